The van der Waals surface area contributed by atoms with Gasteiger partial charge >= 0.3 is 0 Å². The van der Waals surface area contributed by atoms with Gasteiger partial charge in [-0.25, -0.2) is 0 Å². The fourth-order valence-corrected chi connectivity index (χ4v) is 3.70. The third-order valence-corrected chi connectivity index (χ3v) is 5.00. The van der Waals surface area contributed by atoms with Crippen molar-refractivity contribution in [2.24, 2.45) is 5.41 Å². The van der Waals surface area contributed by atoms with Gasteiger partial charge in [-0.3, -0.25) is 9.69 Å². The van der Waals surface area contributed by atoms with Crippen LogP contribution in [0.2, 0.25) is 0 Å². The second kappa shape index (κ2) is 8.11. The third kappa shape index (κ3) is 4.66. The molecule has 2 atom stereocenters. The minimum atomic E-state index is -0.0216. The molecule has 2 aliphatic rings. The predicted octanol–water partition coefficient (Wildman–Crippen LogP) is 0.993. The van der Waals surface area contributed by atoms with Crippen molar-refractivity contribution in [3.8, 4) is 0 Å². The zero-order valence-corrected chi connectivity index (χ0v) is 13.6. The first-order valence-electron chi connectivity index (χ1n) is 8.38. The summed E-state index contributed by atoms with van der Waals surface area (Å²) in [6.45, 7) is 7.83. The van der Waals surface area contributed by atoms with Crippen LogP contribution in [0.3, 0.4) is 0 Å². The van der Waals surface area contributed by atoms with Gasteiger partial charge in [0.2, 0.25) is 5.91 Å². The lowest BCUT2D eigenvalue weighted by Crippen LogP contribution is -2.56. The van der Waals surface area contributed by atoms with Crippen molar-refractivity contribution < 1.29 is 9.53 Å². The predicted molar refractivity (Wildman–Crippen MR) is 84.3 cm³/mol. The number of amides is 1. The summed E-state index contributed by atoms with van der Waals surface area (Å²) in [5.41, 5.74) is 0.404. The van der Waals surface area contributed by atoms with Crippen LogP contribution < -0.4 is 10.6 Å². The number of methoxy groups -OCH3 is 1. The van der Waals surface area contributed by atoms with Gasteiger partial charge in [-0.1, -0.05) is 0 Å². The van der Waals surface area contributed by atoms with Gasteiger partial charge in [-0.15, -0.1) is 0 Å². The lowest BCUT2D eigenvalue weighted by molar-refractivity contribution is -0.127. The fourth-order valence-electron chi connectivity index (χ4n) is 3.70. The van der Waals surface area contributed by atoms with Crippen molar-refractivity contribution in [1.82, 2.24) is 15.5 Å². The van der Waals surface area contributed by atoms with Crippen molar-refractivity contribution in [2.45, 2.75) is 45.1 Å². The van der Waals surface area contributed by atoms with E-state index in [-0.39, 0.29) is 11.9 Å². The standard InChI is InChI=1S/C16H31N3O2/c1-14(15(20)18-9-5-11-21-2)19-10-4-7-16(13-19)6-3-8-17-12-16/h14,17H,3-13H2,1-2H3,(H,18,20). The number of nitrogens with one attached hydrogen (secondary N) is 2. The third-order valence-electron chi connectivity index (χ3n) is 5.00. The Morgan fingerprint density at radius 3 is 2.95 bits per heavy atom. The highest BCUT2D eigenvalue weighted by atomic mass is 16.5. The van der Waals surface area contributed by atoms with Crippen LogP contribution in [0.4, 0.5) is 0 Å². The lowest BCUT2D eigenvalue weighted by atomic mass is 9.74. The number of hydrogen-bond donors (Lipinski definition) is 2. The highest BCUT2D eigenvalue weighted by Crippen LogP contribution is 2.36. The van der Waals surface area contributed by atoms with Crippen LogP contribution in [-0.2, 0) is 9.53 Å². The Balaban J connectivity index is 1.80. The zero-order chi connectivity index (χ0) is 15.1. The fraction of sp³-hybridized carbons (Fsp3) is 0.938. The monoisotopic (exact) mass is 297 g/mol. The molecule has 2 fully saturated rings. The van der Waals surface area contributed by atoms with E-state index in [9.17, 15) is 4.79 Å². The minimum Gasteiger partial charge on any atom is -0.385 e. The summed E-state index contributed by atoms with van der Waals surface area (Å²) in [6, 6.07) is -0.0216. The molecule has 0 aromatic carbocycles. The van der Waals surface area contributed by atoms with Gasteiger partial charge in [0, 0.05) is 33.4 Å². The molecule has 0 aromatic rings. The maximum Gasteiger partial charge on any atom is 0.237 e. The summed E-state index contributed by atoms with van der Waals surface area (Å²) in [5.74, 6) is 0.159. The molecule has 2 N–H and O–H groups in total. The summed E-state index contributed by atoms with van der Waals surface area (Å²) >= 11 is 0. The van der Waals surface area contributed by atoms with E-state index in [4.69, 9.17) is 4.74 Å². The van der Waals surface area contributed by atoms with Gasteiger partial charge < -0.3 is 15.4 Å². The van der Waals surface area contributed by atoms with Gasteiger partial charge in [-0.2, -0.15) is 0 Å². The van der Waals surface area contributed by atoms with Crippen LogP contribution in [0.25, 0.3) is 0 Å². The first kappa shape index (κ1) is 16.7. The number of carbonyl (C=O) groups excluding carboxylic acids is 1. The van der Waals surface area contributed by atoms with Crippen LogP contribution in [0, 0.1) is 5.41 Å². The minimum absolute atomic E-state index is 0.0216. The van der Waals surface area contributed by atoms with E-state index in [1.807, 2.05) is 6.92 Å². The van der Waals surface area contributed by atoms with Crippen molar-refractivity contribution >= 4 is 5.91 Å². The van der Waals surface area contributed by atoms with E-state index in [0.717, 1.165) is 32.6 Å². The van der Waals surface area contributed by atoms with Crippen LogP contribution in [-0.4, -0.2) is 63.3 Å². The smallest absolute Gasteiger partial charge is 0.237 e. The zero-order valence-electron chi connectivity index (χ0n) is 13.6. The second-order valence-electron chi connectivity index (χ2n) is 6.67. The number of nitrogens with zero attached hydrogens (tertiary/aromatic N) is 1. The van der Waals surface area contributed by atoms with E-state index < -0.39 is 0 Å². The van der Waals surface area contributed by atoms with E-state index in [2.05, 4.69) is 15.5 Å². The van der Waals surface area contributed by atoms with Gasteiger partial charge in [0.15, 0.2) is 0 Å². The van der Waals surface area contributed by atoms with Crippen LogP contribution >= 0.6 is 0 Å². The summed E-state index contributed by atoms with van der Waals surface area (Å²) < 4.78 is 5.01. The molecule has 2 aliphatic heterocycles. The number of rotatable bonds is 6. The van der Waals surface area contributed by atoms with E-state index in [0.29, 0.717) is 18.6 Å². The molecular weight excluding hydrogens is 266 g/mol. The Hall–Kier alpha value is -0.650. The van der Waals surface area contributed by atoms with Crippen LogP contribution in [0.1, 0.15) is 39.0 Å². The van der Waals surface area contributed by atoms with Gasteiger partial charge in [-0.05, 0) is 57.5 Å². The van der Waals surface area contributed by atoms with E-state index in [1.54, 1.807) is 7.11 Å². The Labute approximate surface area is 128 Å². The lowest BCUT2D eigenvalue weighted by Gasteiger charge is -2.47. The first-order valence-corrected chi connectivity index (χ1v) is 8.38. The molecule has 0 saturated carbocycles. The van der Waals surface area contributed by atoms with Gasteiger partial charge in [0.05, 0.1) is 6.04 Å². The number of carbonyl (C=O) groups is 1. The average Bonchev–Trinajstić information content (AvgIpc) is 2.51. The molecule has 122 valence electrons. The molecule has 0 aromatic heterocycles. The molecule has 0 bridgehead atoms. The van der Waals surface area contributed by atoms with Crippen molar-refractivity contribution in [2.75, 3.05) is 46.4 Å². The average molecular weight is 297 g/mol. The quantitative estimate of drug-likeness (QED) is 0.718. The molecule has 1 spiro atoms. The molecule has 5 nitrogen and oxygen atoms in total. The molecule has 2 saturated heterocycles. The Bertz CT molecular complexity index is 324. The van der Waals surface area contributed by atoms with E-state index >= 15 is 0 Å². The first-order chi connectivity index (χ1) is 10.2. The molecule has 2 heterocycles. The number of likely N-dealkylation sites (tertiary alicyclic amines) is 1. The Kier molecular flexibility index (Phi) is 6.45. The molecule has 0 radical (unpaired) electrons. The van der Waals surface area contributed by atoms with Crippen LogP contribution in [0.5, 0.6) is 0 Å². The van der Waals surface area contributed by atoms with Gasteiger partial charge in [0.25, 0.3) is 0 Å². The summed E-state index contributed by atoms with van der Waals surface area (Å²) in [5, 5.41) is 6.57. The maximum absolute atomic E-state index is 12.3. The largest absolute Gasteiger partial charge is 0.385 e. The molecule has 5 heteroatoms. The summed E-state index contributed by atoms with van der Waals surface area (Å²) in [4.78, 5) is 14.6. The van der Waals surface area contributed by atoms with Crippen molar-refractivity contribution in [3.63, 3.8) is 0 Å². The Morgan fingerprint density at radius 2 is 2.24 bits per heavy atom. The van der Waals surface area contributed by atoms with Crippen LogP contribution in [0.15, 0.2) is 0 Å². The topological polar surface area (TPSA) is 53.6 Å². The SMILES string of the molecule is COCCCNC(=O)C(C)N1CCCC2(CCCNC2)C1. The highest BCUT2D eigenvalue weighted by molar-refractivity contribution is 5.81. The summed E-state index contributed by atoms with van der Waals surface area (Å²) in [7, 11) is 1.69. The molecule has 1 amide bonds. The maximum atomic E-state index is 12.3. The number of piperidine rings is 2. The second-order valence-corrected chi connectivity index (χ2v) is 6.67. The van der Waals surface area contributed by atoms with E-state index in [1.165, 1.54) is 25.7 Å². The Morgan fingerprint density at radius 1 is 1.43 bits per heavy atom. The molecule has 0 aliphatic carbocycles. The van der Waals surface area contributed by atoms with Crippen molar-refractivity contribution in [3.05, 3.63) is 0 Å². The molecular formula is C16H31N3O2. The van der Waals surface area contributed by atoms with Crippen molar-refractivity contribution in [1.29, 1.82) is 0 Å². The molecule has 2 rings (SSSR count). The summed E-state index contributed by atoms with van der Waals surface area (Å²) in [6.07, 6.45) is 5.97. The number of ether oxygens (including phenoxy) is 1. The molecule has 2 unspecified atom stereocenters. The van der Waals surface area contributed by atoms with Gasteiger partial charge in [0.1, 0.15) is 0 Å². The number of hydrogen-bond acceptors (Lipinski definition) is 4. The molecule has 21 heavy (non-hydrogen) atoms. The normalized spacial score (nSPS) is 28.5. The highest BCUT2D eigenvalue weighted by Gasteiger charge is 2.38.